The summed E-state index contributed by atoms with van der Waals surface area (Å²) < 4.78 is 29.3. The van der Waals surface area contributed by atoms with Crippen molar-refractivity contribution in [1.82, 2.24) is 20.1 Å². The molecule has 0 bridgehead atoms. The number of hydrogen-bond donors (Lipinski definition) is 0. The van der Waals surface area contributed by atoms with Gasteiger partial charge in [-0.15, -0.1) is 0 Å². The summed E-state index contributed by atoms with van der Waals surface area (Å²) >= 11 is 0. The van der Waals surface area contributed by atoms with Crippen LogP contribution in [0.1, 0.15) is 24.7 Å². The van der Waals surface area contributed by atoms with Gasteiger partial charge in [-0.1, -0.05) is 0 Å². The van der Waals surface area contributed by atoms with Crippen LogP contribution < -0.4 is 9.80 Å². The lowest BCUT2D eigenvalue weighted by Crippen LogP contribution is -2.33. The highest BCUT2D eigenvalue weighted by Gasteiger charge is 2.27. The quantitative estimate of drug-likeness (QED) is 0.646. The standard InChI is InChI=1S/C18H22N6O3S/c1-23(2)18-21-17(27-22-18)12-6-8-24(9-7-12)16-14-10-13(28(3,25)26)4-5-15(14)19-11-20-16/h4-5,10-12H,6-9H2,1-3H3. The Hall–Kier alpha value is -2.75. The lowest BCUT2D eigenvalue weighted by Gasteiger charge is -2.31. The van der Waals surface area contributed by atoms with Gasteiger partial charge in [0.05, 0.1) is 10.4 Å². The summed E-state index contributed by atoms with van der Waals surface area (Å²) in [5.74, 6) is 2.20. The van der Waals surface area contributed by atoms with Crippen LogP contribution in [0.5, 0.6) is 0 Å². The molecule has 3 aromatic rings. The third kappa shape index (κ3) is 3.51. The Labute approximate surface area is 163 Å². The number of fused-ring (bicyclic) bond motifs is 1. The summed E-state index contributed by atoms with van der Waals surface area (Å²) in [7, 11) is 0.457. The van der Waals surface area contributed by atoms with E-state index in [0.29, 0.717) is 11.8 Å². The van der Waals surface area contributed by atoms with E-state index in [-0.39, 0.29) is 10.8 Å². The minimum atomic E-state index is -3.30. The van der Waals surface area contributed by atoms with Crippen LogP contribution in [-0.4, -0.2) is 62.0 Å². The van der Waals surface area contributed by atoms with E-state index >= 15 is 0 Å². The smallest absolute Gasteiger partial charge is 0.265 e. The number of aromatic nitrogens is 4. The third-order valence-corrected chi connectivity index (χ3v) is 6.10. The molecule has 9 nitrogen and oxygen atoms in total. The largest absolute Gasteiger partial charge is 0.356 e. The summed E-state index contributed by atoms with van der Waals surface area (Å²) in [6, 6.07) is 4.97. The number of anilines is 2. The normalized spacial score (nSPS) is 15.9. The van der Waals surface area contributed by atoms with Crippen LogP contribution in [0.4, 0.5) is 11.8 Å². The molecule has 0 spiro atoms. The van der Waals surface area contributed by atoms with Crippen LogP contribution in [0.3, 0.4) is 0 Å². The molecule has 0 amide bonds. The second kappa shape index (κ2) is 7.01. The molecular formula is C18H22N6O3S. The van der Waals surface area contributed by atoms with Gasteiger partial charge in [0.15, 0.2) is 9.84 Å². The van der Waals surface area contributed by atoms with Gasteiger partial charge in [0, 0.05) is 44.7 Å². The van der Waals surface area contributed by atoms with Gasteiger partial charge in [-0.2, -0.15) is 4.98 Å². The zero-order valence-electron chi connectivity index (χ0n) is 16.0. The van der Waals surface area contributed by atoms with Crippen LogP contribution >= 0.6 is 0 Å². The summed E-state index contributed by atoms with van der Waals surface area (Å²) in [5, 5.41) is 4.74. The molecule has 3 heterocycles. The van der Waals surface area contributed by atoms with Crippen LogP contribution in [-0.2, 0) is 9.84 Å². The lowest BCUT2D eigenvalue weighted by atomic mass is 9.96. The summed E-state index contributed by atoms with van der Waals surface area (Å²) in [6.45, 7) is 1.53. The molecule has 0 aliphatic carbocycles. The maximum absolute atomic E-state index is 11.9. The first-order valence-electron chi connectivity index (χ1n) is 9.03. The molecule has 1 aromatic carbocycles. The Kier molecular flexibility index (Phi) is 4.66. The molecule has 0 saturated carbocycles. The molecule has 0 N–H and O–H groups in total. The molecule has 1 fully saturated rings. The lowest BCUT2D eigenvalue weighted by molar-refractivity contribution is 0.329. The molecule has 0 atom stereocenters. The van der Waals surface area contributed by atoms with Crippen molar-refractivity contribution >= 4 is 32.5 Å². The molecule has 1 saturated heterocycles. The van der Waals surface area contributed by atoms with Crippen molar-refractivity contribution in [2.45, 2.75) is 23.7 Å². The number of benzene rings is 1. The van der Waals surface area contributed by atoms with E-state index in [9.17, 15) is 8.42 Å². The van der Waals surface area contributed by atoms with Gasteiger partial charge < -0.3 is 14.3 Å². The summed E-state index contributed by atoms with van der Waals surface area (Å²) in [5.41, 5.74) is 0.729. The van der Waals surface area contributed by atoms with E-state index in [1.54, 1.807) is 18.2 Å². The highest BCUT2D eigenvalue weighted by atomic mass is 32.2. The van der Waals surface area contributed by atoms with Crippen molar-refractivity contribution in [3.8, 4) is 0 Å². The second-order valence-electron chi connectivity index (χ2n) is 7.24. The van der Waals surface area contributed by atoms with E-state index in [4.69, 9.17) is 4.52 Å². The van der Waals surface area contributed by atoms with E-state index in [1.807, 2.05) is 19.0 Å². The highest BCUT2D eigenvalue weighted by Crippen LogP contribution is 2.32. The van der Waals surface area contributed by atoms with Gasteiger partial charge >= 0.3 is 0 Å². The SMILES string of the molecule is CN(C)c1noc(C2CCN(c3ncnc4ccc(S(C)(=O)=O)cc34)CC2)n1. The number of sulfone groups is 1. The van der Waals surface area contributed by atoms with Crippen molar-refractivity contribution < 1.29 is 12.9 Å². The first-order valence-corrected chi connectivity index (χ1v) is 10.9. The van der Waals surface area contributed by atoms with Crippen molar-refractivity contribution in [3.05, 3.63) is 30.4 Å². The molecule has 2 aromatic heterocycles. The van der Waals surface area contributed by atoms with Crippen LogP contribution in [0.15, 0.2) is 33.9 Å². The van der Waals surface area contributed by atoms with E-state index < -0.39 is 9.84 Å². The average molecular weight is 402 g/mol. The first-order chi connectivity index (χ1) is 13.3. The topological polar surface area (TPSA) is 105 Å². The van der Waals surface area contributed by atoms with Gasteiger partial charge in [0.1, 0.15) is 12.1 Å². The maximum Gasteiger partial charge on any atom is 0.265 e. The number of piperidine rings is 1. The number of rotatable bonds is 4. The fraction of sp³-hybridized carbons (Fsp3) is 0.444. The van der Waals surface area contributed by atoms with Gasteiger partial charge in [0.25, 0.3) is 5.95 Å². The number of nitrogens with zero attached hydrogens (tertiary/aromatic N) is 6. The van der Waals surface area contributed by atoms with Gasteiger partial charge in [-0.05, 0) is 36.2 Å². The predicted octanol–water partition coefficient (Wildman–Crippen LogP) is 1.87. The fourth-order valence-electron chi connectivity index (χ4n) is 3.42. The van der Waals surface area contributed by atoms with E-state index in [0.717, 1.165) is 42.7 Å². The van der Waals surface area contributed by atoms with E-state index in [1.165, 1.54) is 12.6 Å². The zero-order valence-corrected chi connectivity index (χ0v) is 16.8. The molecule has 10 heteroatoms. The Morgan fingerprint density at radius 3 is 2.57 bits per heavy atom. The molecule has 0 radical (unpaired) electrons. The third-order valence-electron chi connectivity index (χ3n) is 4.99. The molecule has 4 rings (SSSR count). The maximum atomic E-state index is 11.9. The molecule has 1 aliphatic rings. The minimum absolute atomic E-state index is 0.206. The Bertz CT molecular complexity index is 1100. The van der Waals surface area contributed by atoms with Gasteiger partial charge in [-0.25, -0.2) is 18.4 Å². The van der Waals surface area contributed by atoms with Crippen LogP contribution in [0.2, 0.25) is 0 Å². The van der Waals surface area contributed by atoms with Gasteiger partial charge in [0.2, 0.25) is 5.89 Å². The predicted molar refractivity (Wildman–Crippen MR) is 105 cm³/mol. The molecular weight excluding hydrogens is 380 g/mol. The van der Waals surface area contributed by atoms with Crippen molar-refractivity contribution in [2.24, 2.45) is 0 Å². The minimum Gasteiger partial charge on any atom is -0.356 e. The van der Waals surface area contributed by atoms with Crippen LogP contribution in [0, 0.1) is 0 Å². The Morgan fingerprint density at radius 1 is 1.18 bits per heavy atom. The summed E-state index contributed by atoms with van der Waals surface area (Å²) in [6.07, 6.45) is 4.43. The second-order valence-corrected chi connectivity index (χ2v) is 9.25. The Morgan fingerprint density at radius 2 is 1.93 bits per heavy atom. The summed E-state index contributed by atoms with van der Waals surface area (Å²) in [4.78, 5) is 17.4. The van der Waals surface area contributed by atoms with Crippen molar-refractivity contribution in [3.63, 3.8) is 0 Å². The Balaban J connectivity index is 1.58. The highest BCUT2D eigenvalue weighted by molar-refractivity contribution is 7.90. The van der Waals surface area contributed by atoms with Crippen LogP contribution in [0.25, 0.3) is 10.9 Å². The van der Waals surface area contributed by atoms with E-state index in [2.05, 4.69) is 25.0 Å². The molecule has 148 valence electrons. The number of hydrogen-bond acceptors (Lipinski definition) is 9. The first kappa shape index (κ1) is 18.6. The molecule has 0 unspecified atom stereocenters. The fourth-order valence-corrected chi connectivity index (χ4v) is 4.06. The molecule has 1 aliphatic heterocycles. The van der Waals surface area contributed by atoms with Crippen molar-refractivity contribution in [1.29, 1.82) is 0 Å². The monoisotopic (exact) mass is 402 g/mol. The van der Waals surface area contributed by atoms with Crippen molar-refractivity contribution in [2.75, 3.05) is 43.2 Å². The zero-order chi connectivity index (χ0) is 19.9. The van der Waals surface area contributed by atoms with Gasteiger partial charge in [-0.3, -0.25) is 0 Å². The average Bonchev–Trinajstić information content (AvgIpc) is 3.17. The molecule has 28 heavy (non-hydrogen) atoms.